The Bertz CT molecular complexity index is 756. The summed E-state index contributed by atoms with van der Waals surface area (Å²) < 4.78 is 39.2. The molecule has 2 heterocycles. The van der Waals surface area contributed by atoms with Crippen molar-refractivity contribution in [2.24, 2.45) is 0 Å². The van der Waals surface area contributed by atoms with Crippen molar-refractivity contribution < 1.29 is 18.0 Å². The maximum Gasteiger partial charge on any atom is 0.416 e. The summed E-state index contributed by atoms with van der Waals surface area (Å²) in [4.78, 5) is 18.3. The van der Waals surface area contributed by atoms with Gasteiger partial charge < -0.3 is 10.2 Å². The predicted octanol–water partition coefficient (Wildman–Crippen LogP) is 4.27. The Morgan fingerprint density at radius 3 is 2.62 bits per heavy atom. The van der Waals surface area contributed by atoms with Crippen molar-refractivity contribution in [3.63, 3.8) is 0 Å². The molecule has 1 aliphatic rings. The summed E-state index contributed by atoms with van der Waals surface area (Å²) in [5, 5.41) is 2.67. The van der Waals surface area contributed by atoms with Gasteiger partial charge in [-0.05, 0) is 49.1 Å². The number of nitrogens with zero attached hydrogens (tertiary/aromatic N) is 2. The second kappa shape index (κ2) is 7.76. The number of pyridine rings is 1. The van der Waals surface area contributed by atoms with Crippen LogP contribution in [0.3, 0.4) is 0 Å². The van der Waals surface area contributed by atoms with E-state index in [1.165, 1.54) is 6.07 Å². The molecule has 0 bridgehead atoms. The van der Waals surface area contributed by atoms with E-state index < -0.39 is 11.7 Å². The number of carbonyl (C=O) groups excluding carboxylic acids is 1. The van der Waals surface area contributed by atoms with Gasteiger partial charge in [-0.2, -0.15) is 13.2 Å². The van der Waals surface area contributed by atoms with Crippen molar-refractivity contribution in [2.75, 3.05) is 23.3 Å². The molecule has 1 saturated heterocycles. The van der Waals surface area contributed by atoms with Crippen molar-refractivity contribution in [1.29, 1.82) is 0 Å². The molecule has 7 heteroatoms. The molecule has 0 unspecified atom stereocenters. The van der Waals surface area contributed by atoms with Crippen LogP contribution in [0.2, 0.25) is 0 Å². The topological polar surface area (TPSA) is 45.2 Å². The smallest absolute Gasteiger partial charge is 0.370 e. The standard InChI is InChI=1S/C19H20F3N3O/c20-19(21,22)15-6-7-17(25-10-1-2-11-25)16(12-15)24-18(26)8-5-14-4-3-9-23-13-14/h3-4,6-7,9,12-13H,1-2,5,8,10-11H2,(H,24,26). The number of carbonyl (C=O) groups is 1. The molecular weight excluding hydrogens is 343 g/mol. The van der Waals surface area contributed by atoms with Crippen molar-refractivity contribution in [1.82, 2.24) is 4.98 Å². The molecule has 3 rings (SSSR count). The molecule has 1 N–H and O–H groups in total. The van der Waals surface area contributed by atoms with Gasteiger partial charge in [0.1, 0.15) is 0 Å². The predicted molar refractivity (Wildman–Crippen MR) is 94.1 cm³/mol. The molecule has 1 aromatic carbocycles. The minimum absolute atomic E-state index is 0.182. The summed E-state index contributed by atoms with van der Waals surface area (Å²) in [6, 6.07) is 7.19. The van der Waals surface area contributed by atoms with Gasteiger partial charge in [0.15, 0.2) is 0 Å². The molecule has 1 fully saturated rings. The van der Waals surface area contributed by atoms with Crippen LogP contribution < -0.4 is 10.2 Å². The van der Waals surface area contributed by atoms with Crippen LogP contribution in [0.1, 0.15) is 30.4 Å². The van der Waals surface area contributed by atoms with Gasteiger partial charge in [-0.3, -0.25) is 9.78 Å². The third-order valence-electron chi connectivity index (χ3n) is 4.41. The largest absolute Gasteiger partial charge is 0.416 e. The molecule has 26 heavy (non-hydrogen) atoms. The monoisotopic (exact) mass is 363 g/mol. The average molecular weight is 363 g/mol. The fourth-order valence-corrected chi connectivity index (χ4v) is 3.06. The number of halogens is 3. The number of benzene rings is 1. The summed E-state index contributed by atoms with van der Waals surface area (Å²) in [6.07, 6.45) is 1.53. The number of aromatic nitrogens is 1. The molecular formula is C19H20F3N3O. The summed E-state index contributed by atoms with van der Waals surface area (Å²) in [5.41, 5.74) is 1.01. The lowest BCUT2D eigenvalue weighted by Crippen LogP contribution is -2.22. The number of hydrogen-bond acceptors (Lipinski definition) is 3. The third kappa shape index (κ3) is 4.53. The summed E-state index contributed by atoms with van der Waals surface area (Å²) in [7, 11) is 0. The van der Waals surface area contributed by atoms with Gasteiger partial charge in [0.25, 0.3) is 0 Å². The molecule has 4 nitrogen and oxygen atoms in total. The minimum Gasteiger partial charge on any atom is -0.370 e. The molecule has 1 aromatic heterocycles. The summed E-state index contributed by atoms with van der Waals surface area (Å²) in [5.74, 6) is -0.311. The number of aryl methyl sites for hydroxylation is 1. The van der Waals surface area contributed by atoms with E-state index in [4.69, 9.17) is 0 Å². The summed E-state index contributed by atoms with van der Waals surface area (Å²) in [6.45, 7) is 1.56. The molecule has 0 aliphatic carbocycles. The highest BCUT2D eigenvalue weighted by Gasteiger charge is 2.32. The lowest BCUT2D eigenvalue weighted by atomic mass is 10.1. The normalized spacial score (nSPS) is 14.5. The van der Waals surface area contributed by atoms with E-state index in [0.717, 1.165) is 43.6 Å². The van der Waals surface area contributed by atoms with Crippen molar-refractivity contribution in [3.8, 4) is 0 Å². The lowest BCUT2D eigenvalue weighted by molar-refractivity contribution is -0.137. The van der Waals surface area contributed by atoms with Crippen LogP contribution in [-0.2, 0) is 17.4 Å². The second-order valence-electron chi connectivity index (χ2n) is 6.33. The summed E-state index contributed by atoms with van der Waals surface area (Å²) >= 11 is 0. The van der Waals surface area contributed by atoms with Gasteiger partial charge in [-0.15, -0.1) is 0 Å². The number of hydrogen-bond donors (Lipinski definition) is 1. The Morgan fingerprint density at radius 2 is 1.96 bits per heavy atom. The van der Waals surface area contributed by atoms with Gasteiger partial charge in [0, 0.05) is 31.9 Å². The number of anilines is 2. The van der Waals surface area contributed by atoms with Crippen LogP contribution >= 0.6 is 0 Å². The minimum atomic E-state index is -4.45. The number of amides is 1. The van der Waals surface area contributed by atoms with Gasteiger partial charge in [0.05, 0.1) is 16.9 Å². The molecule has 2 aromatic rings. The Balaban J connectivity index is 1.76. The van der Waals surface area contributed by atoms with Crippen molar-refractivity contribution in [3.05, 3.63) is 53.9 Å². The van der Waals surface area contributed by atoms with E-state index in [9.17, 15) is 18.0 Å². The maximum absolute atomic E-state index is 13.1. The quantitative estimate of drug-likeness (QED) is 0.863. The van der Waals surface area contributed by atoms with Crippen LogP contribution in [0.15, 0.2) is 42.7 Å². The molecule has 0 radical (unpaired) electrons. The van der Waals surface area contributed by atoms with E-state index in [0.29, 0.717) is 12.1 Å². The molecule has 0 atom stereocenters. The fraction of sp³-hybridized carbons (Fsp3) is 0.368. The first-order valence-corrected chi connectivity index (χ1v) is 8.58. The van der Waals surface area contributed by atoms with E-state index in [-0.39, 0.29) is 18.0 Å². The average Bonchev–Trinajstić information content (AvgIpc) is 3.14. The number of alkyl halides is 3. The van der Waals surface area contributed by atoms with E-state index >= 15 is 0 Å². The Morgan fingerprint density at radius 1 is 1.19 bits per heavy atom. The zero-order valence-electron chi connectivity index (χ0n) is 14.2. The first-order chi connectivity index (χ1) is 12.4. The van der Waals surface area contributed by atoms with Crippen LogP contribution in [0.25, 0.3) is 0 Å². The van der Waals surface area contributed by atoms with Gasteiger partial charge in [-0.25, -0.2) is 0 Å². The second-order valence-corrected chi connectivity index (χ2v) is 6.33. The van der Waals surface area contributed by atoms with E-state index in [1.807, 2.05) is 11.0 Å². The highest BCUT2D eigenvalue weighted by Crippen LogP contribution is 2.36. The Labute approximate surface area is 150 Å². The zero-order valence-corrected chi connectivity index (χ0v) is 14.2. The maximum atomic E-state index is 13.1. The molecule has 138 valence electrons. The lowest BCUT2D eigenvalue weighted by Gasteiger charge is -2.23. The highest BCUT2D eigenvalue weighted by molar-refractivity contribution is 5.94. The van der Waals surface area contributed by atoms with E-state index in [1.54, 1.807) is 18.5 Å². The molecule has 0 spiro atoms. The van der Waals surface area contributed by atoms with Gasteiger partial charge in [-0.1, -0.05) is 6.07 Å². The third-order valence-corrected chi connectivity index (χ3v) is 4.41. The highest BCUT2D eigenvalue weighted by atomic mass is 19.4. The van der Waals surface area contributed by atoms with Crippen LogP contribution in [0.5, 0.6) is 0 Å². The Hall–Kier alpha value is -2.57. The Kier molecular flexibility index (Phi) is 5.44. The molecule has 1 amide bonds. The van der Waals surface area contributed by atoms with Crippen molar-refractivity contribution in [2.45, 2.75) is 31.9 Å². The van der Waals surface area contributed by atoms with E-state index in [2.05, 4.69) is 10.3 Å². The fourth-order valence-electron chi connectivity index (χ4n) is 3.06. The van der Waals surface area contributed by atoms with Gasteiger partial charge in [0.2, 0.25) is 5.91 Å². The first kappa shape index (κ1) is 18.2. The van der Waals surface area contributed by atoms with Crippen LogP contribution in [-0.4, -0.2) is 24.0 Å². The first-order valence-electron chi connectivity index (χ1n) is 8.58. The van der Waals surface area contributed by atoms with Crippen LogP contribution in [0.4, 0.5) is 24.5 Å². The van der Waals surface area contributed by atoms with Crippen LogP contribution in [0, 0.1) is 0 Å². The van der Waals surface area contributed by atoms with Gasteiger partial charge >= 0.3 is 6.18 Å². The number of rotatable bonds is 5. The zero-order chi connectivity index (χ0) is 18.6. The van der Waals surface area contributed by atoms with Crippen molar-refractivity contribution >= 4 is 17.3 Å². The number of nitrogens with one attached hydrogen (secondary N) is 1. The molecule has 1 aliphatic heterocycles. The SMILES string of the molecule is O=C(CCc1cccnc1)Nc1cc(C(F)(F)F)ccc1N1CCCC1. The molecule has 0 saturated carbocycles.